The quantitative estimate of drug-likeness (QED) is 0.798. The van der Waals surface area contributed by atoms with Crippen molar-refractivity contribution >= 4 is 37.4 Å². The predicted molar refractivity (Wildman–Crippen MR) is 60.7 cm³/mol. The van der Waals surface area contributed by atoms with Gasteiger partial charge in [-0.15, -0.1) is 11.3 Å². The molecule has 1 nitrogen and oxygen atoms in total. The molecule has 0 atom stereocenters. The Bertz CT molecular complexity index is 466. The van der Waals surface area contributed by atoms with Gasteiger partial charge < -0.3 is 4.74 Å². The zero-order valence-electron chi connectivity index (χ0n) is 7.51. The standard InChI is InChI=1S/C10H8BrFOS/c1-2-13-9-5-14-10-4-7(11)8(12)3-6(9)10/h3-5H,2H2,1H3. The molecule has 14 heavy (non-hydrogen) atoms. The molecule has 1 heterocycles. The third-order valence-corrected chi connectivity index (χ3v) is 3.41. The average Bonchev–Trinajstić information content (AvgIpc) is 2.51. The Morgan fingerprint density at radius 1 is 1.50 bits per heavy atom. The molecule has 0 unspecified atom stereocenters. The monoisotopic (exact) mass is 274 g/mol. The predicted octanol–water partition coefficient (Wildman–Crippen LogP) is 4.20. The summed E-state index contributed by atoms with van der Waals surface area (Å²) in [6.45, 7) is 2.52. The summed E-state index contributed by atoms with van der Waals surface area (Å²) in [5.41, 5.74) is 0. The van der Waals surface area contributed by atoms with Crippen molar-refractivity contribution < 1.29 is 9.13 Å². The highest BCUT2D eigenvalue weighted by molar-refractivity contribution is 9.10. The molecule has 0 aliphatic heterocycles. The maximum atomic E-state index is 13.2. The summed E-state index contributed by atoms with van der Waals surface area (Å²) in [5, 5.41) is 2.75. The summed E-state index contributed by atoms with van der Waals surface area (Å²) in [6.07, 6.45) is 0. The number of fused-ring (bicyclic) bond motifs is 1. The van der Waals surface area contributed by atoms with E-state index < -0.39 is 0 Å². The van der Waals surface area contributed by atoms with E-state index in [0.717, 1.165) is 15.8 Å². The molecule has 2 rings (SSSR count). The first-order valence-corrected chi connectivity index (χ1v) is 5.88. The number of benzene rings is 1. The van der Waals surface area contributed by atoms with Crippen LogP contribution in [-0.2, 0) is 0 Å². The van der Waals surface area contributed by atoms with E-state index in [4.69, 9.17) is 4.74 Å². The molecule has 0 aliphatic carbocycles. The lowest BCUT2D eigenvalue weighted by atomic mass is 10.2. The van der Waals surface area contributed by atoms with Crippen LogP contribution < -0.4 is 4.74 Å². The highest BCUT2D eigenvalue weighted by Crippen LogP contribution is 2.35. The second kappa shape index (κ2) is 3.87. The van der Waals surface area contributed by atoms with Gasteiger partial charge in [-0.05, 0) is 35.0 Å². The fraction of sp³-hybridized carbons (Fsp3) is 0.200. The van der Waals surface area contributed by atoms with E-state index in [0.29, 0.717) is 11.1 Å². The largest absolute Gasteiger partial charge is 0.492 e. The van der Waals surface area contributed by atoms with Crippen molar-refractivity contribution in [1.29, 1.82) is 0 Å². The smallest absolute Gasteiger partial charge is 0.138 e. The van der Waals surface area contributed by atoms with Gasteiger partial charge in [0.15, 0.2) is 0 Å². The van der Waals surface area contributed by atoms with Crippen molar-refractivity contribution in [2.24, 2.45) is 0 Å². The fourth-order valence-electron chi connectivity index (χ4n) is 1.27. The van der Waals surface area contributed by atoms with Crippen LogP contribution in [0.15, 0.2) is 22.0 Å². The summed E-state index contributed by atoms with van der Waals surface area (Å²) < 4.78 is 20.2. The maximum absolute atomic E-state index is 13.2. The van der Waals surface area contributed by atoms with Crippen LogP contribution in [0, 0.1) is 5.82 Å². The zero-order valence-corrected chi connectivity index (χ0v) is 9.91. The van der Waals surface area contributed by atoms with Gasteiger partial charge in [0.05, 0.1) is 11.1 Å². The molecular weight excluding hydrogens is 267 g/mol. The average molecular weight is 275 g/mol. The van der Waals surface area contributed by atoms with Crippen LogP contribution in [0.25, 0.3) is 10.1 Å². The lowest BCUT2D eigenvalue weighted by molar-refractivity contribution is 0.345. The number of halogens is 2. The van der Waals surface area contributed by atoms with E-state index in [9.17, 15) is 4.39 Å². The third-order valence-electron chi connectivity index (χ3n) is 1.88. The van der Waals surface area contributed by atoms with Gasteiger partial charge in [-0.25, -0.2) is 4.39 Å². The summed E-state index contributed by atoms with van der Waals surface area (Å²) in [7, 11) is 0. The molecule has 2 aromatic rings. The van der Waals surface area contributed by atoms with Crippen molar-refractivity contribution in [3.63, 3.8) is 0 Å². The molecule has 0 saturated heterocycles. The fourth-order valence-corrected chi connectivity index (χ4v) is 2.66. The number of hydrogen-bond donors (Lipinski definition) is 0. The number of ether oxygens (including phenoxy) is 1. The second-order valence-corrected chi connectivity index (χ2v) is 4.56. The van der Waals surface area contributed by atoms with E-state index in [1.165, 1.54) is 6.07 Å². The Hall–Kier alpha value is -0.610. The van der Waals surface area contributed by atoms with Crippen molar-refractivity contribution in [1.82, 2.24) is 0 Å². The summed E-state index contributed by atoms with van der Waals surface area (Å²) in [4.78, 5) is 0. The Balaban J connectivity index is 2.61. The van der Waals surface area contributed by atoms with Crippen molar-refractivity contribution in [2.75, 3.05) is 6.61 Å². The molecule has 1 aromatic heterocycles. The van der Waals surface area contributed by atoms with Crippen LogP contribution in [0.2, 0.25) is 0 Å². The SMILES string of the molecule is CCOc1csc2cc(Br)c(F)cc12. The van der Waals surface area contributed by atoms with E-state index in [1.54, 1.807) is 17.4 Å². The van der Waals surface area contributed by atoms with Gasteiger partial charge in [-0.2, -0.15) is 0 Å². The minimum absolute atomic E-state index is 0.253. The Morgan fingerprint density at radius 2 is 2.29 bits per heavy atom. The zero-order chi connectivity index (χ0) is 10.1. The Morgan fingerprint density at radius 3 is 3.00 bits per heavy atom. The molecule has 1 aromatic carbocycles. The second-order valence-electron chi connectivity index (χ2n) is 2.80. The summed E-state index contributed by atoms with van der Waals surface area (Å²) >= 11 is 4.71. The molecule has 0 spiro atoms. The van der Waals surface area contributed by atoms with E-state index >= 15 is 0 Å². The Kier molecular flexibility index (Phi) is 2.74. The first kappa shape index (κ1) is 9.93. The van der Waals surface area contributed by atoms with Gasteiger partial charge in [-0.1, -0.05) is 0 Å². The summed E-state index contributed by atoms with van der Waals surface area (Å²) in [6, 6.07) is 3.28. The maximum Gasteiger partial charge on any atom is 0.138 e. The highest BCUT2D eigenvalue weighted by atomic mass is 79.9. The lowest BCUT2D eigenvalue weighted by Crippen LogP contribution is -1.89. The molecule has 0 amide bonds. The number of hydrogen-bond acceptors (Lipinski definition) is 2. The minimum Gasteiger partial charge on any atom is -0.492 e. The molecule has 0 fully saturated rings. The molecule has 0 saturated carbocycles. The van der Waals surface area contributed by atoms with Gasteiger partial charge in [0.25, 0.3) is 0 Å². The van der Waals surface area contributed by atoms with Gasteiger partial charge >= 0.3 is 0 Å². The molecule has 0 N–H and O–H groups in total. The molecule has 4 heteroatoms. The lowest BCUT2D eigenvalue weighted by Gasteiger charge is -2.00. The third kappa shape index (κ3) is 1.64. The highest BCUT2D eigenvalue weighted by Gasteiger charge is 2.08. The van der Waals surface area contributed by atoms with Crippen molar-refractivity contribution in [2.45, 2.75) is 6.92 Å². The molecule has 0 radical (unpaired) electrons. The first-order chi connectivity index (χ1) is 6.72. The van der Waals surface area contributed by atoms with Crippen LogP contribution in [0.5, 0.6) is 5.75 Å². The molecule has 0 bridgehead atoms. The minimum atomic E-state index is -0.253. The summed E-state index contributed by atoms with van der Waals surface area (Å²) in [5.74, 6) is 0.510. The first-order valence-electron chi connectivity index (χ1n) is 4.21. The van der Waals surface area contributed by atoms with Gasteiger partial charge in [0.1, 0.15) is 11.6 Å². The van der Waals surface area contributed by atoms with Crippen LogP contribution in [0.3, 0.4) is 0 Å². The van der Waals surface area contributed by atoms with Crippen LogP contribution in [-0.4, -0.2) is 6.61 Å². The van der Waals surface area contributed by atoms with Gasteiger partial charge in [0.2, 0.25) is 0 Å². The van der Waals surface area contributed by atoms with Gasteiger partial charge in [-0.3, -0.25) is 0 Å². The van der Waals surface area contributed by atoms with E-state index in [1.807, 2.05) is 12.3 Å². The normalized spacial score (nSPS) is 10.8. The van der Waals surface area contributed by atoms with Crippen molar-refractivity contribution in [3.05, 3.63) is 27.8 Å². The van der Waals surface area contributed by atoms with E-state index in [2.05, 4.69) is 15.9 Å². The van der Waals surface area contributed by atoms with Crippen LogP contribution in [0.4, 0.5) is 4.39 Å². The molecule has 74 valence electrons. The number of rotatable bonds is 2. The molecular formula is C10H8BrFOS. The van der Waals surface area contributed by atoms with Crippen LogP contribution >= 0.6 is 27.3 Å². The number of thiophene rings is 1. The Labute approximate surface area is 93.6 Å². The van der Waals surface area contributed by atoms with Crippen LogP contribution in [0.1, 0.15) is 6.92 Å². The van der Waals surface area contributed by atoms with E-state index in [-0.39, 0.29) is 5.82 Å². The van der Waals surface area contributed by atoms with Gasteiger partial charge in [0, 0.05) is 15.5 Å². The topological polar surface area (TPSA) is 9.23 Å². The molecule has 0 aliphatic rings. The van der Waals surface area contributed by atoms with Crippen molar-refractivity contribution in [3.8, 4) is 5.75 Å².